The summed E-state index contributed by atoms with van der Waals surface area (Å²) < 4.78 is 7.12. The Balaban J connectivity index is 1.48. The van der Waals surface area contributed by atoms with Crippen LogP contribution in [0.25, 0.3) is 10.2 Å². The first-order chi connectivity index (χ1) is 13.0. The molecule has 0 saturated heterocycles. The molecular weight excluding hydrogens is 380 g/mol. The van der Waals surface area contributed by atoms with Crippen molar-refractivity contribution in [3.63, 3.8) is 0 Å². The number of fused-ring (bicyclic) bond motifs is 1. The van der Waals surface area contributed by atoms with Crippen LogP contribution >= 0.6 is 23.1 Å². The van der Waals surface area contributed by atoms with E-state index in [0.29, 0.717) is 5.69 Å². The van der Waals surface area contributed by atoms with Gasteiger partial charge in [-0.15, -0.1) is 11.3 Å². The Labute approximate surface area is 166 Å². The van der Waals surface area contributed by atoms with Crippen LogP contribution in [0, 0.1) is 0 Å². The zero-order valence-electron chi connectivity index (χ0n) is 15.1. The molecule has 1 N–H and O–H groups in total. The molecule has 0 fully saturated rings. The first-order valence-corrected chi connectivity index (χ1v) is 10.4. The molecule has 2 aromatic carbocycles. The van der Waals surface area contributed by atoms with Crippen LogP contribution in [-0.2, 0) is 20.7 Å². The summed E-state index contributed by atoms with van der Waals surface area (Å²) in [6.45, 7) is 3.64. The molecule has 0 aliphatic rings. The molecule has 1 amide bonds. The van der Waals surface area contributed by atoms with E-state index in [1.54, 1.807) is 6.92 Å². The van der Waals surface area contributed by atoms with Gasteiger partial charge in [0.15, 0.2) is 10.4 Å². The quantitative estimate of drug-likeness (QED) is 0.466. The van der Waals surface area contributed by atoms with Crippen LogP contribution in [-0.4, -0.2) is 28.7 Å². The number of benzene rings is 2. The third kappa shape index (κ3) is 5.30. The topological polar surface area (TPSA) is 68.3 Å². The molecular formula is C20H20N2O3S2. The zero-order chi connectivity index (χ0) is 19.2. The number of thioether (sulfide) groups is 1. The molecule has 1 aromatic heterocycles. The van der Waals surface area contributed by atoms with E-state index in [4.69, 9.17) is 4.74 Å². The first kappa shape index (κ1) is 19.4. The lowest BCUT2D eigenvalue weighted by Crippen LogP contribution is -2.30. The number of para-hydroxylation sites is 1. The van der Waals surface area contributed by atoms with Crippen molar-refractivity contribution in [3.05, 3.63) is 54.1 Å². The fraction of sp³-hybridized carbons (Fsp3) is 0.250. The smallest absolute Gasteiger partial charge is 0.317 e. The molecule has 0 spiro atoms. The number of esters is 1. The van der Waals surface area contributed by atoms with Crippen LogP contribution in [0.4, 0.5) is 5.69 Å². The Morgan fingerprint density at radius 1 is 1.19 bits per heavy atom. The molecule has 0 radical (unpaired) electrons. The SMILES string of the molecule is CCc1ccc(NC(=O)[C@@H](C)OC(=O)CSc2nc3ccccc3s2)cc1. The Morgan fingerprint density at radius 3 is 2.63 bits per heavy atom. The molecule has 5 nitrogen and oxygen atoms in total. The summed E-state index contributed by atoms with van der Waals surface area (Å²) >= 11 is 2.85. The van der Waals surface area contributed by atoms with E-state index in [1.165, 1.54) is 28.7 Å². The van der Waals surface area contributed by atoms with Crippen molar-refractivity contribution in [1.82, 2.24) is 4.98 Å². The van der Waals surface area contributed by atoms with E-state index in [2.05, 4.69) is 17.2 Å². The van der Waals surface area contributed by atoms with Crippen molar-refractivity contribution >= 4 is 50.9 Å². The molecule has 140 valence electrons. The van der Waals surface area contributed by atoms with Crippen LogP contribution in [0.15, 0.2) is 52.9 Å². The monoisotopic (exact) mass is 400 g/mol. The van der Waals surface area contributed by atoms with Gasteiger partial charge in [-0.05, 0) is 43.2 Å². The Bertz CT molecular complexity index is 905. The molecule has 0 aliphatic heterocycles. The maximum Gasteiger partial charge on any atom is 0.317 e. The summed E-state index contributed by atoms with van der Waals surface area (Å²) in [6.07, 6.45) is 0.0773. The molecule has 7 heteroatoms. The van der Waals surface area contributed by atoms with E-state index >= 15 is 0 Å². The highest BCUT2D eigenvalue weighted by molar-refractivity contribution is 8.01. The summed E-state index contributed by atoms with van der Waals surface area (Å²) in [5.41, 5.74) is 2.79. The fourth-order valence-corrected chi connectivity index (χ4v) is 4.24. The van der Waals surface area contributed by atoms with Gasteiger partial charge in [0.2, 0.25) is 0 Å². The van der Waals surface area contributed by atoms with Gasteiger partial charge in [-0.2, -0.15) is 0 Å². The minimum Gasteiger partial charge on any atom is -0.452 e. The number of hydrogen-bond donors (Lipinski definition) is 1. The van der Waals surface area contributed by atoms with Crippen molar-refractivity contribution < 1.29 is 14.3 Å². The van der Waals surface area contributed by atoms with Crippen molar-refractivity contribution in [2.24, 2.45) is 0 Å². The van der Waals surface area contributed by atoms with E-state index in [0.717, 1.165) is 21.0 Å². The summed E-state index contributed by atoms with van der Waals surface area (Å²) in [4.78, 5) is 28.7. The van der Waals surface area contributed by atoms with E-state index in [9.17, 15) is 9.59 Å². The lowest BCUT2D eigenvalue weighted by Gasteiger charge is -2.13. The van der Waals surface area contributed by atoms with Crippen molar-refractivity contribution in [2.45, 2.75) is 30.7 Å². The summed E-state index contributed by atoms with van der Waals surface area (Å²) in [6, 6.07) is 15.4. The number of carbonyl (C=O) groups excluding carboxylic acids is 2. The number of amides is 1. The summed E-state index contributed by atoms with van der Waals surface area (Å²) in [5.74, 6) is -0.677. The number of nitrogens with one attached hydrogen (secondary N) is 1. The second kappa shape index (κ2) is 9.01. The average molecular weight is 401 g/mol. The van der Waals surface area contributed by atoms with Crippen molar-refractivity contribution in [1.29, 1.82) is 0 Å². The lowest BCUT2D eigenvalue weighted by atomic mass is 10.1. The Kier molecular flexibility index (Phi) is 6.47. The van der Waals surface area contributed by atoms with Crippen LogP contribution in [0.1, 0.15) is 19.4 Å². The fourth-order valence-electron chi connectivity index (χ4n) is 2.39. The molecule has 1 atom stereocenters. The molecule has 3 aromatic rings. The number of aryl methyl sites for hydroxylation is 1. The number of rotatable bonds is 7. The van der Waals surface area contributed by atoms with Gasteiger partial charge in [0.1, 0.15) is 0 Å². The number of thiazole rings is 1. The van der Waals surface area contributed by atoms with E-state index in [1.807, 2.05) is 48.5 Å². The molecule has 0 saturated carbocycles. The minimum absolute atomic E-state index is 0.114. The normalized spacial score (nSPS) is 11.9. The van der Waals surface area contributed by atoms with Gasteiger partial charge in [-0.25, -0.2) is 4.98 Å². The summed E-state index contributed by atoms with van der Waals surface area (Å²) in [5, 5.41) is 2.76. The van der Waals surface area contributed by atoms with Gasteiger partial charge in [-0.1, -0.05) is 43.0 Å². The average Bonchev–Trinajstić information content (AvgIpc) is 3.10. The lowest BCUT2D eigenvalue weighted by molar-refractivity contribution is -0.150. The first-order valence-electron chi connectivity index (χ1n) is 8.63. The molecule has 0 unspecified atom stereocenters. The third-order valence-electron chi connectivity index (χ3n) is 3.89. The van der Waals surface area contributed by atoms with Gasteiger partial charge < -0.3 is 10.1 Å². The minimum atomic E-state index is -0.862. The summed E-state index contributed by atoms with van der Waals surface area (Å²) in [7, 11) is 0. The number of carbonyl (C=O) groups is 2. The molecule has 0 bridgehead atoms. The molecule has 27 heavy (non-hydrogen) atoms. The molecule has 0 aliphatic carbocycles. The highest BCUT2D eigenvalue weighted by Gasteiger charge is 2.18. The predicted molar refractivity (Wildman–Crippen MR) is 110 cm³/mol. The van der Waals surface area contributed by atoms with Gasteiger partial charge >= 0.3 is 5.97 Å². The van der Waals surface area contributed by atoms with Gasteiger partial charge in [0.05, 0.1) is 16.0 Å². The van der Waals surface area contributed by atoms with Crippen molar-refractivity contribution in [2.75, 3.05) is 11.1 Å². The third-order valence-corrected chi connectivity index (χ3v) is 6.05. The maximum absolute atomic E-state index is 12.2. The number of hydrogen-bond acceptors (Lipinski definition) is 6. The van der Waals surface area contributed by atoms with Gasteiger partial charge in [0.25, 0.3) is 5.91 Å². The van der Waals surface area contributed by atoms with E-state index < -0.39 is 12.1 Å². The van der Waals surface area contributed by atoms with Crippen LogP contribution in [0.3, 0.4) is 0 Å². The number of aromatic nitrogens is 1. The number of ether oxygens (including phenoxy) is 1. The van der Waals surface area contributed by atoms with Gasteiger partial charge in [0, 0.05) is 5.69 Å². The predicted octanol–water partition coefficient (Wildman–Crippen LogP) is 4.52. The second-order valence-corrected chi connectivity index (χ2v) is 8.16. The Hall–Kier alpha value is -2.38. The maximum atomic E-state index is 12.2. The standard InChI is InChI=1S/C20H20N2O3S2/c1-3-14-8-10-15(11-9-14)21-19(24)13(2)25-18(23)12-26-20-22-16-6-4-5-7-17(16)27-20/h4-11,13H,3,12H2,1-2H3,(H,21,24)/t13-/m1/s1. The van der Waals surface area contributed by atoms with Gasteiger partial charge in [-0.3, -0.25) is 9.59 Å². The van der Waals surface area contributed by atoms with Crippen LogP contribution < -0.4 is 5.32 Å². The van der Waals surface area contributed by atoms with Crippen molar-refractivity contribution in [3.8, 4) is 0 Å². The second-order valence-electron chi connectivity index (χ2n) is 5.91. The van der Waals surface area contributed by atoms with Crippen LogP contribution in [0.2, 0.25) is 0 Å². The molecule has 3 rings (SSSR count). The number of nitrogens with zero attached hydrogens (tertiary/aromatic N) is 1. The van der Waals surface area contributed by atoms with Crippen LogP contribution in [0.5, 0.6) is 0 Å². The highest BCUT2D eigenvalue weighted by Crippen LogP contribution is 2.29. The van der Waals surface area contributed by atoms with E-state index in [-0.39, 0.29) is 11.7 Å². The highest BCUT2D eigenvalue weighted by atomic mass is 32.2. The largest absolute Gasteiger partial charge is 0.452 e. The Morgan fingerprint density at radius 2 is 1.93 bits per heavy atom. The zero-order valence-corrected chi connectivity index (χ0v) is 16.7. The molecule has 1 heterocycles. The number of anilines is 1.